The maximum absolute atomic E-state index is 10.0. The van der Waals surface area contributed by atoms with Crippen molar-refractivity contribution in [3.63, 3.8) is 0 Å². The Kier molecular flexibility index (Phi) is 5.12. The van der Waals surface area contributed by atoms with Crippen molar-refractivity contribution in [1.82, 2.24) is 14.8 Å². The number of hydrogen-bond acceptors (Lipinski definition) is 6. The van der Waals surface area contributed by atoms with Crippen LogP contribution in [0.5, 0.6) is 0 Å². The van der Waals surface area contributed by atoms with Crippen LogP contribution in [0.2, 0.25) is 0 Å². The first-order valence-corrected chi connectivity index (χ1v) is 9.13. The monoisotopic (exact) mass is 348 g/mol. The van der Waals surface area contributed by atoms with Crippen LogP contribution in [0.15, 0.2) is 29.4 Å². The summed E-state index contributed by atoms with van der Waals surface area (Å²) in [5, 5.41) is 19.7. The fourth-order valence-corrected chi connectivity index (χ4v) is 3.48. The van der Waals surface area contributed by atoms with E-state index in [0.717, 1.165) is 35.4 Å². The molecule has 2 heterocycles. The van der Waals surface area contributed by atoms with Crippen LogP contribution in [0.3, 0.4) is 0 Å². The van der Waals surface area contributed by atoms with Crippen LogP contribution in [0.1, 0.15) is 19.4 Å². The van der Waals surface area contributed by atoms with E-state index in [9.17, 15) is 5.11 Å². The van der Waals surface area contributed by atoms with Crippen molar-refractivity contribution in [2.45, 2.75) is 31.5 Å². The van der Waals surface area contributed by atoms with Gasteiger partial charge in [0.2, 0.25) is 5.95 Å². The third kappa shape index (κ3) is 3.91. The lowest BCUT2D eigenvalue weighted by Gasteiger charge is -2.28. The average Bonchev–Trinajstić information content (AvgIpc) is 2.97. The third-order valence-corrected chi connectivity index (χ3v) is 5.19. The zero-order valence-electron chi connectivity index (χ0n) is 14.4. The number of rotatable bonds is 5. The molecule has 7 heteroatoms. The fraction of sp³-hybridized carbons (Fsp3) is 0.529. The zero-order chi connectivity index (χ0) is 17.2. The highest BCUT2D eigenvalue weighted by atomic mass is 32.2. The van der Waals surface area contributed by atoms with Crippen LogP contribution >= 0.6 is 11.8 Å². The van der Waals surface area contributed by atoms with Crippen molar-refractivity contribution >= 4 is 17.7 Å². The molecule has 130 valence electrons. The number of aliphatic hydroxyl groups is 1. The van der Waals surface area contributed by atoms with Crippen molar-refractivity contribution in [2.24, 2.45) is 0 Å². The van der Waals surface area contributed by atoms with Gasteiger partial charge >= 0.3 is 0 Å². The molecule has 1 aliphatic rings. The molecule has 0 atom stereocenters. The second kappa shape index (κ2) is 7.13. The minimum absolute atomic E-state index is 0.556. The van der Waals surface area contributed by atoms with E-state index in [1.165, 1.54) is 11.8 Å². The number of ether oxygens (including phenoxy) is 1. The first-order chi connectivity index (χ1) is 11.5. The molecular weight excluding hydrogens is 324 g/mol. The van der Waals surface area contributed by atoms with Gasteiger partial charge in [0.1, 0.15) is 0 Å². The van der Waals surface area contributed by atoms with Crippen LogP contribution in [0.25, 0.3) is 5.69 Å². The zero-order valence-corrected chi connectivity index (χ0v) is 15.2. The minimum atomic E-state index is -0.758. The molecule has 1 aromatic carbocycles. The maximum Gasteiger partial charge on any atom is 0.232 e. The number of anilines is 1. The molecule has 6 nitrogen and oxygen atoms in total. The molecule has 0 bridgehead atoms. The second-order valence-corrected chi connectivity index (χ2v) is 7.55. The number of thioether (sulfide) groups is 1. The highest BCUT2D eigenvalue weighted by Gasteiger charge is 2.24. The van der Waals surface area contributed by atoms with E-state index in [-0.39, 0.29) is 0 Å². The van der Waals surface area contributed by atoms with Gasteiger partial charge in [-0.15, -0.1) is 10.2 Å². The molecule has 0 amide bonds. The van der Waals surface area contributed by atoms with E-state index in [4.69, 9.17) is 4.74 Å². The summed E-state index contributed by atoms with van der Waals surface area (Å²) in [6.07, 6.45) is 0. The van der Waals surface area contributed by atoms with Gasteiger partial charge in [-0.25, -0.2) is 0 Å². The van der Waals surface area contributed by atoms with Crippen molar-refractivity contribution in [3.05, 3.63) is 29.8 Å². The molecule has 1 N–H and O–H groups in total. The molecule has 0 spiro atoms. The molecule has 24 heavy (non-hydrogen) atoms. The lowest BCUT2D eigenvalue weighted by atomic mass is 10.2. The molecule has 0 unspecified atom stereocenters. The average molecular weight is 348 g/mol. The quantitative estimate of drug-likeness (QED) is 0.837. The van der Waals surface area contributed by atoms with Crippen LogP contribution in [0, 0.1) is 6.92 Å². The standard InChI is InChI=1S/C17H24N4O2S/c1-13-6-4-5-7-14(13)21-15(20-8-10-23-11-9-20)18-19-16(21)24-12-17(2,3)22/h4-7,22H,8-12H2,1-3H3. The summed E-state index contributed by atoms with van der Waals surface area (Å²) in [5.74, 6) is 1.39. The predicted octanol–water partition coefficient (Wildman–Crippen LogP) is 2.28. The van der Waals surface area contributed by atoms with E-state index >= 15 is 0 Å². The summed E-state index contributed by atoms with van der Waals surface area (Å²) in [4.78, 5) is 2.21. The molecule has 1 saturated heterocycles. The van der Waals surface area contributed by atoms with Gasteiger partial charge in [0.05, 0.1) is 24.5 Å². The Balaban J connectivity index is 2.00. The van der Waals surface area contributed by atoms with Crippen molar-refractivity contribution in [3.8, 4) is 5.69 Å². The van der Waals surface area contributed by atoms with Crippen LogP contribution < -0.4 is 4.90 Å². The smallest absolute Gasteiger partial charge is 0.232 e. The van der Waals surface area contributed by atoms with Crippen molar-refractivity contribution in [2.75, 3.05) is 37.0 Å². The van der Waals surface area contributed by atoms with Crippen molar-refractivity contribution < 1.29 is 9.84 Å². The summed E-state index contributed by atoms with van der Waals surface area (Å²) in [7, 11) is 0. The molecule has 1 aromatic heterocycles. The van der Waals surface area contributed by atoms with E-state index in [0.29, 0.717) is 19.0 Å². The largest absolute Gasteiger partial charge is 0.390 e. The Bertz CT molecular complexity index is 690. The second-order valence-electron chi connectivity index (χ2n) is 6.61. The Morgan fingerprint density at radius 3 is 2.58 bits per heavy atom. The summed E-state index contributed by atoms with van der Waals surface area (Å²) in [6, 6.07) is 8.22. The topological polar surface area (TPSA) is 63.4 Å². The summed E-state index contributed by atoms with van der Waals surface area (Å²) < 4.78 is 7.55. The van der Waals surface area contributed by atoms with Crippen LogP contribution in [0.4, 0.5) is 5.95 Å². The Labute approximate surface area is 146 Å². The van der Waals surface area contributed by atoms with Gasteiger partial charge in [-0.2, -0.15) is 0 Å². The molecule has 1 aliphatic heterocycles. The van der Waals surface area contributed by atoms with Gasteiger partial charge in [0.15, 0.2) is 5.16 Å². The van der Waals surface area contributed by atoms with E-state index in [1.54, 1.807) is 13.8 Å². The van der Waals surface area contributed by atoms with E-state index < -0.39 is 5.60 Å². The molecule has 2 aromatic rings. The summed E-state index contributed by atoms with van der Waals surface area (Å²) >= 11 is 1.52. The maximum atomic E-state index is 10.0. The molecule has 0 radical (unpaired) electrons. The predicted molar refractivity (Wildman–Crippen MR) is 96.1 cm³/mol. The van der Waals surface area contributed by atoms with Gasteiger partial charge in [0.25, 0.3) is 0 Å². The normalized spacial score (nSPS) is 15.8. The summed E-state index contributed by atoms with van der Waals surface area (Å²) in [5.41, 5.74) is 1.48. The Morgan fingerprint density at radius 1 is 1.21 bits per heavy atom. The highest BCUT2D eigenvalue weighted by Crippen LogP contribution is 2.30. The van der Waals surface area contributed by atoms with E-state index in [2.05, 4.69) is 38.7 Å². The number of hydrogen-bond donors (Lipinski definition) is 1. The number of morpholine rings is 1. The van der Waals surface area contributed by atoms with Gasteiger partial charge in [-0.3, -0.25) is 4.57 Å². The number of benzene rings is 1. The molecule has 1 fully saturated rings. The SMILES string of the molecule is Cc1ccccc1-n1c(SCC(C)(C)O)nnc1N1CCOCC1. The highest BCUT2D eigenvalue weighted by molar-refractivity contribution is 7.99. The lowest BCUT2D eigenvalue weighted by molar-refractivity contribution is 0.107. The molecule has 0 saturated carbocycles. The number of para-hydroxylation sites is 1. The fourth-order valence-electron chi connectivity index (χ4n) is 2.59. The first kappa shape index (κ1) is 17.3. The Morgan fingerprint density at radius 2 is 1.92 bits per heavy atom. The lowest BCUT2D eigenvalue weighted by Crippen LogP contribution is -2.38. The third-order valence-electron chi connectivity index (χ3n) is 3.82. The van der Waals surface area contributed by atoms with Gasteiger partial charge in [-0.05, 0) is 32.4 Å². The Hall–Kier alpha value is -1.57. The number of aromatic nitrogens is 3. The molecule has 0 aliphatic carbocycles. The molecular formula is C17H24N4O2S. The van der Waals surface area contributed by atoms with Crippen molar-refractivity contribution in [1.29, 1.82) is 0 Å². The number of nitrogens with zero attached hydrogens (tertiary/aromatic N) is 4. The minimum Gasteiger partial charge on any atom is -0.390 e. The molecule has 3 rings (SSSR count). The van der Waals surface area contributed by atoms with E-state index in [1.807, 2.05) is 12.1 Å². The van der Waals surface area contributed by atoms with Crippen LogP contribution in [-0.4, -0.2) is 57.5 Å². The number of aryl methyl sites for hydroxylation is 1. The van der Waals surface area contributed by atoms with Gasteiger partial charge in [0, 0.05) is 18.8 Å². The van der Waals surface area contributed by atoms with Crippen LogP contribution in [-0.2, 0) is 4.74 Å². The first-order valence-electron chi connectivity index (χ1n) is 8.15. The van der Waals surface area contributed by atoms with Gasteiger partial charge < -0.3 is 14.7 Å². The van der Waals surface area contributed by atoms with Gasteiger partial charge in [-0.1, -0.05) is 30.0 Å². The summed E-state index contributed by atoms with van der Waals surface area (Å²) in [6.45, 7) is 8.71.